The average Bonchev–Trinajstić information content (AvgIpc) is 2.74. The molecule has 1 aromatic rings. The van der Waals surface area contributed by atoms with Crippen molar-refractivity contribution in [2.24, 2.45) is 11.8 Å². The van der Waals surface area contributed by atoms with Gasteiger partial charge in [-0.05, 0) is 36.9 Å². The van der Waals surface area contributed by atoms with Crippen molar-refractivity contribution in [3.63, 3.8) is 0 Å². The van der Waals surface area contributed by atoms with Gasteiger partial charge in [0.2, 0.25) is 0 Å². The Hall–Kier alpha value is -0.960. The van der Waals surface area contributed by atoms with E-state index in [1.54, 1.807) is 0 Å². The highest BCUT2D eigenvalue weighted by Crippen LogP contribution is 2.41. The van der Waals surface area contributed by atoms with E-state index in [1.807, 2.05) is 6.92 Å². The molecule has 3 unspecified atom stereocenters. The summed E-state index contributed by atoms with van der Waals surface area (Å²) in [5.74, 6) is -0.00972. The van der Waals surface area contributed by atoms with E-state index in [1.165, 1.54) is 18.2 Å². The van der Waals surface area contributed by atoms with E-state index in [0.717, 1.165) is 25.8 Å². The second-order valence-corrected chi connectivity index (χ2v) is 5.24. The minimum absolute atomic E-state index is 0.200. The van der Waals surface area contributed by atoms with Gasteiger partial charge in [0, 0.05) is 11.6 Å². The molecule has 1 fully saturated rings. The van der Waals surface area contributed by atoms with Crippen molar-refractivity contribution in [3.8, 4) is 0 Å². The number of hydrogen-bond acceptors (Lipinski definition) is 1. The third kappa shape index (κ3) is 2.56. The molecule has 1 aliphatic rings. The minimum Gasteiger partial charge on any atom is -0.310 e. The van der Waals surface area contributed by atoms with Gasteiger partial charge in [-0.3, -0.25) is 0 Å². The van der Waals surface area contributed by atoms with Gasteiger partial charge in [0.05, 0.1) is 0 Å². The fourth-order valence-corrected chi connectivity index (χ4v) is 3.16. The highest BCUT2D eigenvalue weighted by atomic mass is 19.1. The molecule has 0 saturated heterocycles. The summed E-state index contributed by atoms with van der Waals surface area (Å²) in [6.07, 6.45) is 3.36. The Morgan fingerprint density at radius 1 is 1.28 bits per heavy atom. The summed E-state index contributed by atoms with van der Waals surface area (Å²) in [6.45, 7) is 4.88. The van der Waals surface area contributed by atoms with E-state index in [9.17, 15) is 8.78 Å². The topological polar surface area (TPSA) is 12.0 Å². The van der Waals surface area contributed by atoms with Gasteiger partial charge in [0.1, 0.15) is 11.6 Å². The Bertz CT molecular complexity index is 385. The molecular formula is C15H21F2N. The molecule has 3 atom stereocenters. The highest BCUT2D eigenvalue weighted by molar-refractivity contribution is 5.24. The lowest BCUT2D eigenvalue weighted by Crippen LogP contribution is -2.31. The summed E-state index contributed by atoms with van der Waals surface area (Å²) in [5, 5.41) is 3.27. The van der Waals surface area contributed by atoms with Crippen LogP contribution < -0.4 is 5.32 Å². The van der Waals surface area contributed by atoms with Crippen LogP contribution in [0.1, 0.15) is 44.7 Å². The van der Waals surface area contributed by atoms with Crippen LogP contribution in [0, 0.1) is 23.5 Å². The van der Waals surface area contributed by atoms with Crippen molar-refractivity contribution in [3.05, 3.63) is 35.4 Å². The van der Waals surface area contributed by atoms with E-state index in [-0.39, 0.29) is 11.6 Å². The van der Waals surface area contributed by atoms with Crippen LogP contribution in [0.4, 0.5) is 8.78 Å². The van der Waals surface area contributed by atoms with Gasteiger partial charge in [0.25, 0.3) is 0 Å². The first kappa shape index (κ1) is 13.5. The molecule has 1 nitrogen and oxygen atoms in total. The lowest BCUT2D eigenvalue weighted by molar-refractivity contribution is 0.291. The molecule has 0 bridgehead atoms. The maximum atomic E-state index is 13.9. The molecule has 3 heteroatoms. The lowest BCUT2D eigenvalue weighted by atomic mass is 9.85. The van der Waals surface area contributed by atoms with Gasteiger partial charge in [-0.25, -0.2) is 8.78 Å². The van der Waals surface area contributed by atoms with Crippen LogP contribution in [0.5, 0.6) is 0 Å². The molecule has 1 aromatic carbocycles. The summed E-state index contributed by atoms with van der Waals surface area (Å²) in [7, 11) is 0. The van der Waals surface area contributed by atoms with Crippen molar-refractivity contribution >= 4 is 0 Å². The standard InChI is InChI=1S/C15H21F2N/c1-3-18-15(11-7-4-6-10(11)2)14-12(16)8-5-9-13(14)17/h5,8-11,15,18H,3-4,6-7H2,1-2H3. The molecule has 0 heterocycles. The number of benzene rings is 1. The van der Waals surface area contributed by atoms with Crippen LogP contribution in [0.3, 0.4) is 0 Å². The summed E-state index contributed by atoms with van der Waals surface area (Å²) < 4.78 is 27.8. The van der Waals surface area contributed by atoms with E-state index in [4.69, 9.17) is 0 Å². The highest BCUT2D eigenvalue weighted by Gasteiger charge is 2.34. The summed E-state index contributed by atoms with van der Waals surface area (Å²) >= 11 is 0. The van der Waals surface area contributed by atoms with Gasteiger partial charge >= 0.3 is 0 Å². The summed E-state index contributed by atoms with van der Waals surface area (Å²) in [4.78, 5) is 0. The van der Waals surface area contributed by atoms with E-state index < -0.39 is 11.6 Å². The predicted octanol–water partition coefficient (Wildman–Crippen LogP) is 4.05. The molecule has 0 aliphatic heterocycles. The first-order valence-corrected chi connectivity index (χ1v) is 6.82. The van der Waals surface area contributed by atoms with E-state index in [0.29, 0.717) is 11.8 Å². The lowest BCUT2D eigenvalue weighted by Gasteiger charge is -2.28. The van der Waals surface area contributed by atoms with Gasteiger partial charge in [-0.15, -0.1) is 0 Å². The average molecular weight is 253 g/mol. The molecular weight excluding hydrogens is 232 g/mol. The second-order valence-electron chi connectivity index (χ2n) is 5.24. The van der Waals surface area contributed by atoms with Crippen LogP contribution in [0.15, 0.2) is 18.2 Å². The van der Waals surface area contributed by atoms with E-state index >= 15 is 0 Å². The fraction of sp³-hybridized carbons (Fsp3) is 0.600. The van der Waals surface area contributed by atoms with Gasteiger partial charge in [-0.1, -0.05) is 32.8 Å². The largest absolute Gasteiger partial charge is 0.310 e. The molecule has 18 heavy (non-hydrogen) atoms. The van der Waals surface area contributed by atoms with Crippen molar-refractivity contribution < 1.29 is 8.78 Å². The zero-order chi connectivity index (χ0) is 13.1. The monoisotopic (exact) mass is 253 g/mol. The SMILES string of the molecule is CCNC(c1c(F)cccc1F)C1CCCC1C. The minimum atomic E-state index is -0.431. The Balaban J connectivity index is 2.34. The predicted molar refractivity (Wildman–Crippen MR) is 69.3 cm³/mol. The summed E-state index contributed by atoms with van der Waals surface area (Å²) in [6, 6.07) is 3.92. The van der Waals surface area contributed by atoms with Crippen LogP contribution in [-0.4, -0.2) is 6.54 Å². The zero-order valence-corrected chi connectivity index (χ0v) is 11.0. The van der Waals surface area contributed by atoms with Crippen molar-refractivity contribution in [2.75, 3.05) is 6.54 Å². The van der Waals surface area contributed by atoms with Crippen molar-refractivity contribution in [2.45, 2.75) is 39.2 Å². The number of hydrogen-bond donors (Lipinski definition) is 1. The smallest absolute Gasteiger partial charge is 0.130 e. The molecule has 0 amide bonds. The number of rotatable bonds is 4. The maximum absolute atomic E-state index is 13.9. The van der Waals surface area contributed by atoms with Crippen LogP contribution in [-0.2, 0) is 0 Å². The second kappa shape index (κ2) is 5.79. The number of nitrogens with one attached hydrogen (secondary N) is 1. The molecule has 1 N–H and O–H groups in total. The molecule has 0 aromatic heterocycles. The Kier molecular flexibility index (Phi) is 4.33. The molecule has 1 aliphatic carbocycles. The normalized spacial score (nSPS) is 25.3. The molecule has 2 rings (SSSR count). The van der Waals surface area contributed by atoms with Gasteiger partial charge in [0.15, 0.2) is 0 Å². The Morgan fingerprint density at radius 3 is 2.44 bits per heavy atom. The summed E-state index contributed by atoms with van der Waals surface area (Å²) in [5.41, 5.74) is 0.220. The van der Waals surface area contributed by atoms with Crippen LogP contribution in [0.2, 0.25) is 0 Å². The first-order chi connectivity index (χ1) is 8.65. The fourth-order valence-electron chi connectivity index (χ4n) is 3.16. The van der Waals surface area contributed by atoms with E-state index in [2.05, 4.69) is 12.2 Å². The number of halogens is 2. The van der Waals surface area contributed by atoms with Crippen LogP contribution in [0.25, 0.3) is 0 Å². The van der Waals surface area contributed by atoms with Crippen LogP contribution >= 0.6 is 0 Å². The third-order valence-electron chi connectivity index (χ3n) is 4.09. The zero-order valence-electron chi connectivity index (χ0n) is 11.0. The third-order valence-corrected chi connectivity index (χ3v) is 4.09. The molecule has 1 saturated carbocycles. The Morgan fingerprint density at radius 2 is 1.94 bits per heavy atom. The van der Waals surface area contributed by atoms with Gasteiger partial charge in [-0.2, -0.15) is 0 Å². The molecule has 0 spiro atoms. The quantitative estimate of drug-likeness (QED) is 0.853. The van der Waals surface area contributed by atoms with Crippen molar-refractivity contribution in [1.29, 1.82) is 0 Å². The maximum Gasteiger partial charge on any atom is 0.130 e. The molecule has 0 radical (unpaired) electrons. The van der Waals surface area contributed by atoms with Crippen molar-refractivity contribution in [1.82, 2.24) is 5.32 Å². The first-order valence-electron chi connectivity index (χ1n) is 6.82. The molecule has 100 valence electrons. The Labute approximate surface area is 108 Å². The van der Waals surface area contributed by atoms with Gasteiger partial charge < -0.3 is 5.32 Å².